The first-order chi connectivity index (χ1) is 11.2. The van der Waals surface area contributed by atoms with Gasteiger partial charge in [0.05, 0.1) is 13.2 Å². The standard InChI is InChI=1S/C18H29N3O2.HI/c1-4-19-18(20-11-14(2)13-22)21-9-10-23-17(12-21)16-8-6-5-7-15(16)3;/h5-8,14,17,22H,4,9-13H2,1-3H3,(H,19,20);1H. The molecule has 0 amide bonds. The van der Waals surface area contributed by atoms with E-state index >= 15 is 0 Å². The van der Waals surface area contributed by atoms with Gasteiger partial charge in [0.1, 0.15) is 6.10 Å². The van der Waals surface area contributed by atoms with Crippen molar-refractivity contribution in [1.29, 1.82) is 0 Å². The lowest BCUT2D eigenvalue weighted by Gasteiger charge is -2.36. The minimum atomic E-state index is 0. The van der Waals surface area contributed by atoms with Crippen LogP contribution in [0.5, 0.6) is 0 Å². The number of aliphatic hydroxyl groups excluding tert-OH is 1. The van der Waals surface area contributed by atoms with Crippen molar-refractivity contribution in [3.8, 4) is 0 Å². The van der Waals surface area contributed by atoms with E-state index < -0.39 is 0 Å². The van der Waals surface area contributed by atoms with E-state index in [-0.39, 0.29) is 42.6 Å². The minimum Gasteiger partial charge on any atom is -0.396 e. The molecule has 1 saturated heterocycles. The molecule has 1 aliphatic heterocycles. The number of aliphatic imine (C=N–C) groups is 1. The molecule has 0 aliphatic carbocycles. The molecule has 5 nitrogen and oxygen atoms in total. The van der Waals surface area contributed by atoms with Gasteiger partial charge in [-0.2, -0.15) is 0 Å². The van der Waals surface area contributed by atoms with Crippen molar-refractivity contribution < 1.29 is 9.84 Å². The first-order valence-corrected chi connectivity index (χ1v) is 8.47. The van der Waals surface area contributed by atoms with E-state index in [2.05, 4.69) is 53.3 Å². The van der Waals surface area contributed by atoms with Gasteiger partial charge >= 0.3 is 0 Å². The Bertz CT molecular complexity index is 525. The Hall–Kier alpha value is -0.860. The molecule has 0 saturated carbocycles. The summed E-state index contributed by atoms with van der Waals surface area (Å²) >= 11 is 0. The number of morpholine rings is 1. The number of aryl methyl sites for hydroxylation is 1. The monoisotopic (exact) mass is 447 g/mol. The number of guanidine groups is 1. The van der Waals surface area contributed by atoms with Crippen molar-refractivity contribution in [1.82, 2.24) is 10.2 Å². The fourth-order valence-corrected chi connectivity index (χ4v) is 2.70. The van der Waals surface area contributed by atoms with Gasteiger partial charge in [-0.25, -0.2) is 0 Å². The van der Waals surface area contributed by atoms with Gasteiger partial charge in [0.2, 0.25) is 0 Å². The van der Waals surface area contributed by atoms with Gasteiger partial charge < -0.3 is 20.1 Å². The normalized spacial score (nSPS) is 19.6. The predicted molar refractivity (Wildman–Crippen MR) is 109 cm³/mol. The highest BCUT2D eigenvalue weighted by atomic mass is 127. The van der Waals surface area contributed by atoms with Crippen molar-refractivity contribution in [2.24, 2.45) is 10.9 Å². The van der Waals surface area contributed by atoms with Crippen molar-refractivity contribution in [3.63, 3.8) is 0 Å². The minimum absolute atomic E-state index is 0. The third kappa shape index (κ3) is 5.89. The Morgan fingerprint density at radius 2 is 2.21 bits per heavy atom. The quantitative estimate of drug-likeness (QED) is 0.414. The van der Waals surface area contributed by atoms with Gasteiger partial charge in [-0.3, -0.25) is 4.99 Å². The number of hydrogen-bond acceptors (Lipinski definition) is 3. The van der Waals surface area contributed by atoms with E-state index in [9.17, 15) is 5.11 Å². The first kappa shape index (κ1) is 21.2. The second-order valence-corrected chi connectivity index (χ2v) is 6.14. The van der Waals surface area contributed by atoms with Gasteiger partial charge in [-0.1, -0.05) is 31.2 Å². The Balaban J connectivity index is 0.00000288. The molecule has 6 heteroatoms. The van der Waals surface area contributed by atoms with Crippen LogP contribution in [0.2, 0.25) is 0 Å². The lowest BCUT2D eigenvalue weighted by Crippen LogP contribution is -2.48. The zero-order chi connectivity index (χ0) is 16.7. The van der Waals surface area contributed by atoms with Crippen LogP contribution >= 0.6 is 24.0 Å². The number of nitrogens with zero attached hydrogens (tertiary/aromatic N) is 2. The summed E-state index contributed by atoms with van der Waals surface area (Å²) in [5, 5.41) is 12.5. The summed E-state index contributed by atoms with van der Waals surface area (Å²) in [6.45, 7) is 10.2. The highest BCUT2D eigenvalue weighted by molar-refractivity contribution is 14.0. The number of aliphatic hydroxyl groups is 1. The van der Waals surface area contributed by atoms with Gasteiger partial charge in [0.15, 0.2) is 5.96 Å². The average Bonchev–Trinajstić information content (AvgIpc) is 2.58. The number of hydrogen-bond donors (Lipinski definition) is 2. The predicted octanol–water partition coefficient (Wildman–Crippen LogP) is 2.58. The molecule has 2 rings (SSSR count). The molecule has 0 radical (unpaired) electrons. The summed E-state index contributed by atoms with van der Waals surface area (Å²) in [6.07, 6.45) is 0.0732. The number of nitrogens with one attached hydrogen (secondary N) is 1. The molecule has 136 valence electrons. The fraction of sp³-hybridized carbons (Fsp3) is 0.611. The molecular weight excluding hydrogens is 417 g/mol. The van der Waals surface area contributed by atoms with E-state index in [0.717, 1.165) is 25.6 Å². The van der Waals surface area contributed by atoms with E-state index in [1.54, 1.807) is 0 Å². The maximum atomic E-state index is 9.19. The van der Waals surface area contributed by atoms with Crippen molar-refractivity contribution >= 4 is 29.9 Å². The van der Waals surface area contributed by atoms with Gasteiger partial charge in [-0.15, -0.1) is 24.0 Å². The highest BCUT2D eigenvalue weighted by Crippen LogP contribution is 2.24. The van der Waals surface area contributed by atoms with E-state index in [0.29, 0.717) is 13.2 Å². The highest BCUT2D eigenvalue weighted by Gasteiger charge is 2.25. The smallest absolute Gasteiger partial charge is 0.194 e. The van der Waals surface area contributed by atoms with Crippen LogP contribution in [0.25, 0.3) is 0 Å². The van der Waals surface area contributed by atoms with Gasteiger partial charge in [0, 0.05) is 26.2 Å². The number of benzene rings is 1. The third-order valence-corrected chi connectivity index (χ3v) is 4.10. The summed E-state index contributed by atoms with van der Waals surface area (Å²) in [5.74, 6) is 1.09. The van der Waals surface area contributed by atoms with Crippen LogP contribution in [-0.4, -0.2) is 55.4 Å². The third-order valence-electron chi connectivity index (χ3n) is 4.10. The van der Waals surface area contributed by atoms with Crippen LogP contribution in [0.4, 0.5) is 0 Å². The van der Waals surface area contributed by atoms with E-state index in [4.69, 9.17) is 4.74 Å². The zero-order valence-electron chi connectivity index (χ0n) is 14.9. The summed E-state index contributed by atoms with van der Waals surface area (Å²) < 4.78 is 5.99. The van der Waals surface area contributed by atoms with Crippen molar-refractivity contribution in [2.75, 3.05) is 39.4 Å². The lowest BCUT2D eigenvalue weighted by molar-refractivity contribution is -0.00836. The maximum Gasteiger partial charge on any atom is 0.194 e. The summed E-state index contributed by atoms with van der Waals surface area (Å²) in [7, 11) is 0. The molecule has 1 aromatic rings. The van der Waals surface area contributed by atoms with Crippen LogP contribution in [0.15, 0.2) is 29.3 Å². The zero-order valence-corrected chi connectivity index (χ0v) is 17.2. The van der Waals surface area contributed by atoms with E-state index in [1.807, 2.05) is 6.92 Å². The lowest BCUT2D eigenvalue weighted by atomic mass is 10.0. The van der Waals surface area contributed by atoms with Crippen molar-refractivity contribution in [2.45, 2.75) is 26.9 Å². The molecule has 0 bridgehead atoms. The molecule has 2 atom stereocenters. The van der Waals surface area contributed by atoms with Crippen LogP contribution in [0.3, 0.4) is 0 Å². The van der Waals surface area contributed by atoms with Gasteiger partial charge in [-0.05, 0) is 30.9 Å². The Labute approximate surface area is 162 Å². The molecule has 1 heterocycles. The van der Waals surface area contributed by atoms with Crippen LogP contribution in [0.1, 0.15) is 31.1 Å². The molecule has 2 N–H and O–H groups in total. The number of rotatable bonds is 5. The van der Waals surface area contributed by atoms with Crippen LogP contribution in [-0.2, 0) is 4.74 Å². The van der Waals surface area contributed by atoms with Crippen molar-refractivity contribution in [3.05, 3.63) is 35.4 Å². The molecule has 2 unspecified atom stereocenters. The summed E-state index contributed by atoms with van der Waals surface area (Å²) in [4.78, 5) is 6.93. The van der Waals surface area contributed by atoms with Gasteiger partial charge in [0.25, 0.3) is 0 Å². The molecule has 24 heavy (non-hydrogen) atoms. The molecule has 0 aromatic heterocycles. The summed E-state index contributed by atoms with van der Waals surface area (Å²) in [6, 6.07) is 8.38. The molecule has 0 spiro atoms. The number of ether oxygens (including phenoxy) is 1. The SMILES string of the molecule is CCNC(=NCC(C)CO)N1CCOC(c2ccccc2C)C1.I. The maximum absolute atomic E-state index is 9.19. The average molecular weight is 447 g/mol. The molecule has 1 aromatic carbocycles. The first-order valence-electron chi connectivity index (χ1n) is 8.47. The molecular formula is C18H30IN3O2. The second-order valence-electron chi connectivity index (χ2n) is 6.14. The Morgan fingerprint density at radius 1 is 1.46 bits per heavy atom. The Kier molecular flexibility index (Phi) is 9.61. The molecule has 1 aliphatic rings. The number of halogens is 1. The van der Waals surface area contributed by atoms with Crippen LogP contribution < -0.4 is 5.32 Å². The topological polar surface area (TPSA) is 57.1 Å². The Morgan fingerprint density at radius 3 is 2.88 bits per heavy atom. The summed E-state index contributed by atoms with van der Waals surface area (Å²) in [5.41, 5.74) is 2.51. The molecule has 1 fully saturated rings. The van der Waals surface area contributed by atoms with E-state index in [1.165, 1.54) is 11.1 Å². The largest absolute Gasteiger partial charge is 0.396 e. The van der Waals surface area contributed by atoms with Crippen LogP contribution in [0, 0.1) is 12.8 Å². The second kappa shape index (κ2) is 10.9. The fourth-order valence-electron chi connectivity index (χ4n) is 2.70.